The SMILES string of the molecule is CCOc1cc2c(cc1OC)C(c1cnc(OC)c(OC)c1)=N[C@H]1CC[C@H](OC(=O)CC(O)C(=O)O[C@H]3CC[C@@H]4N=C(c5cnc(OC)c(OC)c5)c5cc(OC)c(OCC)cc5[C@@H]4C3)C[C@@H]21. The van der Waals surface area contributed by atoms with Crippen molar-refractivity contribution in [1.29, 1.82) is 0 Å². The maximum Gasteiger partial charge on any atom is 0.335 e. The average molecular weight is 923 g/mol. The number of aliphatic hydroxyl groups excluding tert-OH is 1. The summed E-state index contributed by atoms with van der Waals surface area (Å²) in [4.78, 5) is 46.3. The number of methoxy groups -OCH3 is 6. The topological polar surface area (TPSA) is 197 Å². The monoisotopic (exact) mass is 922 g/mol. The highest BCUT2D eigenvalue weighted by Gasteiger charge is 2.42. The molecule has 7 atom stereocenters. The van der Waals surface area contributed by atoms with Gasteiger partial charge in [0, 0.05) is 46.5 Å². The van der Waals surface area contributed by atoms with Crippen molar-refractivity contribution in [3.63, 3.8) is 0 Å². The molecule has 2 saturated carbocycles. The van der Waals surface area contributed by atoms with E-state index in [0.717, 1.165) is 44.8 Å². The molecule has 1 N–H and O–H groups in total. The fourth-order valence-electron chi connectivity index (χ4n) is 9.83. The summed E-state index contributed by atoms with van der Waals surface area (Å²) in [6.45, 7) is 4.68. The van der Waals surface area contributed by atoms with Crippen LogP contribution in [0.1, 0.15) is 104 Å². The highest BCUT2D eigenvalue weighted by atomic mass is 16.6. The molecule has 356 valence electrons. The van der Waals surface area contributed by atoms with Crippen molar-refractivity contribution >= 4 is 23.4 Å². The summed E-state index contributed by atoms with van der Waals surface area (Å²) in [5.74, 6) is 2.10. The zero-order chi connectivity index (χ0) is 47.4. The van der Waals surface area contributed by atoms with Gasteiger partial charge < -0.3 is 52.5 Å². The van der Waals surface area contributed by atoms with Crippen molar-refractivity contribution in [1.82, 2.24) is 9.97 Å². The molecule has 2 aliphatic heterocycles. The summed E-state index contributed by atoms with van der Waals surface area (Å²) < 4.78 is 57.3. The van der Waals surface area contributed by atoms with Gasteiger partial charge in [0.2, 0.25) is 0 Å². The van der Waals surface area contributed by atoms with Crippen LogP contribution in [0.3, 0.4) is 0 Å². The van der Waals surface area contributed by atoms with Gasteiger partial charge in [-0.05, 0) is 99.9 Å². The summed E-state index contributed by atoms with van der Waals surface area (Å²) in [6.07, 6.45) is 3.30. The Kier molecular flexibility index (Phi) is 14.3. The van der Waals surface area contributed by atoms with E-state index in [1.807, 2.05) is 50.2 Å². The van der Waals surface area contributed by atoms with Crippen LogP contribution < -0.4 is 37.9 Å². The molecule has 2 aliphatic carbocycles. The summed E-state index contributed by atoms with van der Waals surface area (Å²) in [7, 11) is 9.36. The summed E-state index contributed by atoms with van der Waals surface area (Å²) in [5.41, 5.74) is 6.53. The number of benzene rings is 2. The third-order valence-electron chi connectivity index (χ3n) is 12.9. The first-order chi connectivity index (χ1) is 32.5. The van der Waals surface area contributed by atoms with Crippen LogP contribution in [0, 0.1) is 0 Å². The van der Waals surface area contributed by atoms with Crippen molar-refractivity contribution in [3.05, 3.63) is 82.2 Å². The first-order valence-electron chi connectivity index (χ1n) is 22.6. The minimum atomic E-state index is -1.71. The van der Waals surface area contributed by atoms with E-state index in [4.69, 9.17) is 57.4 Å². The van der Waals surface area contributed by atoms with E-state index in [1.165, 1.54) is 14.2 Å². The molecule has 67 heavy (non-hydrogen) atoms. The Labute approximate surface area is 389 Å². The second kappa shape index (κ2) is 20.5. The third-order valence-corrected chi connectivity index (χ3v) is 12.9. The van der Waals surface area contributed by atoms with Gasteiger partial charge in [-0.1, -0.05) is 0 Å². The number of ether oxygens (including phenoxy) is 10. The minimum absolute atomic E-state index is 0.125. The largest absolute Gasteiger partial charge is 0.493 e. The Balaban J connectivity index is 0.947. The van der Waals surface area contributed by atoms with E-state index in [2.05, 4.69) is 9.97 Å². The standard InChI is InChI=1S/C50H58N4O13/c1-9-64-41-19-30-32-17-28(11-13-36(32)53-46(34(30)21-39(41)58-3)26-15-43(60-5)48(62-7)51-24-26)66-45(56)23-38(55)50(57)67-29-12-14-37-33(18-29)31-20-42(65-10-2)40(59-4)22-35(31)47(54-37)27-16-44(61-6)49(63-8)52-25-27/h15-16,19-22,24-25,28-29,32-33,36-38,55H,9-14,17-18,23H2,1-8H3/t28-,29-,32-,33-,36-,37-,38?/m0/s1. The Morgan fingerprint density at radius 3 is 1.45 bits per heavy atom. The van der Waals surface area contributed by atoms with Crippen LogP contribution in [0.2, 0.25) is 0 Å². The molecule has 0 bridgehead atoms. The van der Waals surface area contributed by atoms with Crippen molar-refractivity contribution in [2.24, 2.45) is 9.98 Å². The number of hydrogen-bond donors (Lipinski definition) is 1. The van der Waals surface area contributed by atoms with Gasteiger partial charge in [-0.3, -0.25) is 14.8 Å². The molecule has 4 aliphatic rings. The Hall–Kier alpha value is -6.62. The smallest absolute Gasteiger partial charge is 0.335 e. The number of aliphatic hydroxyl groups is 1. The van der Waals surface area contributed by atoms with Gasteiger partial charge in [0.05, 0.1) is 85.8 Å². The van der Waals surface area contributed by atoms with Crippen LogP contribution in [-0.4, -0.2) is 125 Å². The second-order valence-corrected chi connectivity index (χ2v) is 16.7. The molecule has 2 aromatic carbocycles. The zero-order valence-electron chi connectivity index (χ0n) is 39.2. The van der Waals surface area contributed by atoms with Crippen molar-refractivity contribution in [2.75, 3.05) is 55.9 Å². The third kappa shape index (κ3) is 9.51. The van der Waals surface area contributed by atoms with Crippen LogP contribution in [-0.2, 0) is 19.1 Å². The molecule has 2 fully saturated rings. The van der Waals surface area contributed by atoms with Crippen LogP contribution in [0.5, 0.6) is 46.3 Å². The van der Waals surface area contributed by atoms with Crippen LogP contribution >= 0.6 is 0 Å². The average Bonchev–Trinajstić information content (AvgIpc) is 3.35. The number of pyridine rings is 2. The number of nitrogens with zero attached hydrogens (tertiary/aromatic N) is 4. The van der Waals surface area contributed by atoms with Gasteiger partial charge in [0.1, 0.15) is 12.2 Å². The zero-order valence-corrected chi connectivity index (χ0v) is 39.2. The fraction of sp³-hybridized carbons (Fsp3) is 0.480. The Bertz CT molecular complexity index is 2550. The van der Waals surface area contributed by atoms with E-state index < -0.39 is 36.7 Å². The molecule has 17 nitrogen and oxygen atoms in total. The number of fused-ring (bicyclic) bond motifs is 6. The lowest BCUT2D eigenvalue weighted by Crippen LogP contribution is -2.39. The summed E-state index contributed by atoms with van der Waals surface area (Å²) >= 11 is 0. The number of rotatable bonds is 17. The highest BCUT2D eigenvalue weighted by molar-refractivity contribution is 6.16. The molecule has 2 aromatic heterocycles. The number of hydrogen-bond acceptors (Lipinski definition) is 17. The molecule has 0 amide bonds. The minimum Gasteiger partial charge on any atom is -0.493 e. The van der Waals surface area contributed by atoms with E-state index in [0.29, 0.717) is 98.0 Å². The number of carbonyl (C=O) groups excluding carboxylic acids is 2. The lowest BCUT2D eigenvalue weighted by Gasteiger charge is -2.39. The number of esters is 2. The number of aromatic nitrogens is 2. The molecule has 8 rings (SSSR count). The molecule has 1 unspecified atom stereocenters. The van der Waals surface area contributed by atoms with Gasteiger partial charge in [0.25, 0.3) is 11.8 Å². The van der Waals surface area contributed by atoms with E-state index in [-0.39, 0.29) is 23.9 Å². The van der Waals surface area contributed by atoms with Crippen LogP contribution in [0.4, 0.5) is 0 Å². The molecule has 0 saturated heterocycles. The van der Waals surface area contributed by atoms with Crippen LogP contribution in [0.15, 0.2) is 58.8 Å². The predicted molar refractivity (Wildman–Crippen MR) is 245 cm³/mol. The van der Waals surface area contributed by atoms with Gasteiger partial charge in [0.15, 0.2) is 40.6 Å². The first kappa shape index (κ1) is 46.9. The van der Waals surface area contributed by atoms with E-state index in [9.17, 15) is 14.7 Å². The molecule has 17 heteroatoms. The van der Waals surface area contributed by atoms with Crippen LogP contribution in [0.25, 0.3) is 0 Å². The first-order valence-corrected chi connectivity index (χ1v) is 22.6. The predicted octanol–water partition coefficient (Wildman–Crippen LogP) is 6.57. The summed E-state index contributed by atoms with van der Waals surface area (Å²) in [5, 5.41) is 11.1. The lowest BCUT2D eigenvalue weighted by molar-refractivity contribution is -0.167. The molecule has 0 radical (unpaired) electrons. The molecular weight excluding hydrogens is 865 g/mol. The van der Waals surface area contributed by atoms with Gasteiger partial charge >= 0.3 is 11.9 Å². The van der Waals surface area contributed by atoms with Crippen molar-refractivity contribution in [3.8, 4) is 46.3 Å². The van der Waals surface area contributed by atoms with Crippen molar-refractivity contribution < 1.29 is 62.1 Å². The van der Waals surface area contributed by atoms with Gasteiger partial charge in [-0.15, -0.1) is 0 Å². The van der Waals surface area contributed by atoms with Gasteiger partial charge in [-0.2, -0.15) is 0 Å². The molecular formula is C50H58N4O13. The number of carbonyl (C=O) groups is 2. The molecule has 4 heterocycles. The van der Waals surface area contributed by atoms with E-state index in [1.54, 1.807) is 40.8 Å². The Morgan fingerprint density at radius 1 is 0.582 bits per heavy atom. The quantitative estimate of drug-likeness (QED) is 0.112. The number of aliphatic imine (C=N–C) groups is 2. The fourth-order valence-corrected chi connectivity index (χ4v) is 9.83. The normalized spacial score (nSPS) is 21.9. The van der Waals surface area contributed by atoms with Crippen molar-refractivity contribution in [2.45, 2.75) is 101 Å². The summed E-state index contributed by atoms with van der Waals surface area (Å²) in [6, 6.07) is 11.2. The second-order valence-electron chi connectivity index (χ2n) is 16.7. The molecule has 4 aromatic rings. The van der Waals surface area contributed by atoms with E-state index >= 15 is 0 Å². The lowest BCUT2D eigenvalue weighted by atomic mass is 9.74. The molecule has 0 spiro atoms. The van der Waals surface area contributed by atoms with Gasteiger partial charge in [-0.25, -0.2) is 14.8 Å². The maximum atomic E-state index is 13.5. The highest BCUT2D eigenvalue weighted by Crippen LogP contribution is 2.48. The maximum absolute atomic E-state index is 13.5. The Morgan fingerprint density at radius 2 is 1.03 bits per heavy atom.